The van der Waals surface area contributed by atoms with Crippen molar-refractivity contribution in [3.8, 4) is 6.07 Å². The highest BCUT2D eigenvalue weighted by Crippen LogP contribution is 2.14. The van der Waals surface area contributed by atoms with Gasteiger partial charge in [-0.1, -0.05) is 103 Å². The van der Waals surface area contributed by atoms with E-state index in [1.807, 2.05) is 6.07 Å². The van der Waals surface area contributed by atoms with E-state index >= 15 is 0 Å². The average molecular weight is 491 g/mol. The Morgan fingerprint density at radius 3 is 1.91 bits per heavy atom. The Hall–Kier alpha value is -1.97. The molecule has 198 valence electrons. The minimum absolute atomic E-state index is 0.0515. The lowest BCUT2D eigenvalue weighted by atomic mass is 10.0. The summed E-state index contributed by atoms with van der Waals surface area (Å²) in [6.45, 7) is 2.31. The molecule has 0 aliphatic carbocycles. The molecule has 5 nitrogen and oxygen atoms in total. The van der Waals surface area contributed by atoms with E-state index in [0.717, 1.165) is 18.9 Å². The summed E-state index contributed by atoms with van der Waals surface area (Å²) >= 11 is 0. The number of unbranched alkanes of at least 4 members (excludes halogenated alkanes) is 15. The van der Waals surface area contributed by atoms with Gasteiger partial charge in [0.2, 0.25) is 0 Å². The molecule has 2 N–H and O–H groups in total. The van der Waals surface area contributed by atoms with E-state index in [-0.39, 0.29) is 18.1 Å². The first-order chi connectivity index (χ1) is 17.1. The molecule has 35 heavy (non-hydrogen) atoms. The van der Waals surface area contributed by atoms with Crippen molar-refractivity contribution in [1.29, 1.82) is 5.26 Å². The molecule has 1 amide bonds. The van der Waals surface area contributed by atoms with Crippen molar-refractivity contribution in [2.75, 3.05) is 13.2 Å². The van der Waals surface area contributed by atoms with E-state index in [1.165, 1.54) is 102 Å². The number of nitriles is 1. The Kier molecular flexibility index (Phi) is 18.9. The van der Waals surface area contributed by atoms with Gasteiger partial charge < -0.3 is 15.2 Å². The van der Waals surface area contributed by atoms with E-state index in [1.54, 1.807) is 0 Å². The molecule has 0 saturated carbocycles. The van der Waals surface area contributed by atoms with E-state index < -0.39 is 18.5 Å². The molecule has 0 bridgehead atoms. The van der Waals surface area contributed by atoms with Gasteiger partial charge in [-0.3, -0.25) is 4.79 Å². The SMILES string of the molecule is CCCCCCCCCCCCCCCCCCNC(=O)[C@H](CO)OCc1cc(F)cc(C#N)c1. The fourth-order valence-corrected chi connectivity index (χ4v) is 4.20. The summed E-state index contributed by atoms with van der Waals surface area (Å²) in [5, 5.41) is 21.2. The largest absolute Gasteiger partial charge is 0.393 e. The lowest BCUT2D eigenvalue weighted by Crippen LogP contribution is -2.39. The number of carbonyl (C=O) groups is 1. The first-order valence-electron chi connectivity index (χ1n) is 13.8. The highest BCUT2D eigenvalue weighted by molar-refractivity contribution is 5.80. The van der Waals surface area contributed by atoms with Gasteiger partial charge in [-0.25, -0.2) is 4.39 Å². The first-order valence-corrected chi connectivity index (χ1v) is 13.8. The minimum atomic E-state index is -1.01. The highest BCUT2D eigenvalue weighted by atomic mass is 19.1. The zero-order valence-electron chi connectivity index (χ0n) is 21.8. The van der Waals surface area contributed by atoms with Crippen molar-refractivity contribution < 1.29 is 19.0 Å². The zero-order valence-corrected chi connectivity index (χ0v) is 21.8. The van der Waals surface area contributed by atoms with Crippen LogP contribution in [0.2, 0.25) is 0 Å². The maximum absolute atomic E-state index is 13.5. The molecule has 6 heteroatoms. The fourth-order valence-electron chi connectivity index (χ4n) is 4.20. The molecular formula is C29H47FN2O3. The minimum Gasteiger partial charge on any atom is -0.393 e. The number of nitrogens with zero attached hydrogens (tertiary/aromatic N) is 1. The molecule has 0 heterocycles. The Bertz CT molecular complexity index is 720. The maximum atomic E-state index is 13.5. The molecule has 1 rings (SSSR count). The molecule has 0 aliphatic rings. The first kappa shape index (κ1) is 31.1. The van der Waals surface area contributed by atoms with Crippen LogP contribution in [0.15, 0.2) is 18.2 Å². The van der Waals surface area contributed by atoms with Gasteiger partial charge in [0.1, 0.15) is 5.82 Å². The van der Waals surface area contributed by atoms with Crippen molar-refractivity contribution in [3.63, 3.8) is 0 Å². The number of hydrogen-bond donors (Lipinski definition) is 2. The number of carbonyl (C=O) groups excluding carboxylic acids is 1. The van der Waals surface area contributed by atoms with E-state index in [9.17, 15) is 14.3 Å². The molecule has 0 aliphatic heterocycles. The maximum Gasteiger partial charge on any atom is 0.251 e. The highest BCUT2D eigenvalue weighted by Gasteiger charge is 2.18. The van der Waals surface area contributed by atoms with Crippen LogP contribution < -0.4 is 5.32 Å². The molecule has 0 radical (unpaired) electrons. The summed E-state index contributed by atoms with van der Waals surface area (Å²) in [4.78, 5) is 12.2. The third-order valence-corrected chi connectivity index (χ3v) is 6.33. The number of nitrogens with one attached hydrogen (secondary N) is 1. The summed E-state index contributed by atoms with van der Waals surface area (Å²) < 4.78 is 18.9. The third-order valence-electron chi connectivity index (χ3n) is 6.33. The summed E-state index contributed by atoms with van der Waals surface area (Å²) in [5.74, 6) is -0.901. The van der Waals surface area contributed by atoms with Gasteiger partial charge in [-0.15, -0.1) is 0 Å². The van der Waals surface area contributed by atoms with Gasteiger partial charge in [0.25, 0.3) is 5.91 Å². The Labute approximate surface area is 212 Å². The number of rotatable bonds is 22. The van der Waals surface area contributed by atoms with Crippen molar-refractivity contribution >= 4 is 5.91 Å². The van der Waals surface area contributed by atoms with Crippen LogP contribution in [0.25, 0.3) is 0 Å². The third kappa shape index (κ3) is 16.4. The molecule has 0 unspecified atom stereocenters. The van der Waals surface area contributed by atoms with Crippen LogP contribution in [-0.4, -0.2) is 30.3 Å². The van der Waals surface area contributed by atoms with E-state index in [2.05, 4.69) is 12.2 Å². The van der Waals surface area contributed by atoms with Crippen LogP contribution in [-0.2, 0) is 16.1 Å². The lowest BCUT2D eigenvalue weighted by Gasteiger charge is -2.15. The van der Waals surface area contributed by atoms with Gasteiger partial charge in [0.15, 0.2) is 6.10 Å². The van der Waals surface area contributed by atoms with Gasteiger partial charge >= 0.3 is 0 Å². The number of hydrogen-bond acceptors (Lipinski definition) is 4. The smallest absolute Gasteiger partial charge is 0.251 e. The number of benzene rings is 1. The molecule has 1 atom stereocenters. The quantitative estimate of drug-likeness (QED) is 0.172. The summed E-state index contributed by atoms with van der Waals surface area (Å²) in [7, 11) is 0. The molecule has 0 aromatic heterocycles. The van der Waals surface area contributed by atoms with Gasteiger partial charge in [-0.05, 0) is 30.2 Å². The number of aliphatic hydroxyl groups excluding tert-OH is 1. The second-order valence-corrected chi connectivity index (χ2v) is 9.54. The molecule has 1 aromatic carbocycles. The summed E-state index contributed by atoms with van der Waals surface area (Å²) in [6.07, 6.45) is 19.8. The van der Waals surface area contributed by atoms with E-state index in [0.29, 0.717) is 12.1 Å². The Balaban J connectivity index is 1.97. The molecule has 0 saturated heterocycles. The van der Waals surface area contributed by atoms with Crippen molar-refractivity contribution in [1.82, 2.24) is 5.32 Å². The molecule has 0 spiro atoms. The molecule has 0 fully saturated rings. The van der Waals surface area contributed by atoms with Crippen molar-refractivity contribution in [3.05, 3.63) is 35.1 Å². The molecular weight excluding hydrogens is 443 g/mol. The van der Waals surface area contributed by atoms with Crippen LogP contribution in [0.4, 0.5) is 4.39 Å². The Morgan fingerprint density at radius 2 is 1.43 bits per heavy atom. The Morgan fingerprint density at radius 1 is 0.914 bits per heavy atom. The van der Waals surface area contributed by atoms with Crippen LogP contribution >= 0.6 is 0 Å². The normalized spacial score (nSPS) is 11.8. The molecule has 1 aromatic rings. The van der Waals surface area contributed by atoms with Crippen LogP contribution in [0.1, 0.15) is 121 Å². The second kappa shape index (κ2) is 21.3. The lowest BCUT2D eigenvalue weighted by molar-refractivity contribution is -0.136. The fraction of sp³-hybridized carbons (Fsp3) is 0.724. The van der Waals surface area contributed by atoms with Gasteiger partial charge in [0, 0.05) is 6.54 Å². The number of halogens is 1. The monoisotopic (exact) mass is 490 g/mol. The predicted molar refractivity (Wildman–Crippen MR) is 139 cm³/mol. The topological polar surface area (TPSA) is 82.3 Å². The average Bonchev–Trinajstić information content (AvgIpc) is 2.85. The summed E-state index contributed by atoms with van der Waals surface area (Å²) in [5.41, 5.74) is 0.641. The van der Waals surface area contributed by atoms with Crippen LogP contribution in [0.3, 0.4) is 0 Å². The number of ether oxygens (including phenoxy) is 1. The van der Waals surface area contributed by atoms with Gasteiger partial charge in [0.05, 0.1) is 24.8 Å². The van der Waals surface area contributed by atoms with E-state index in [4.69, 9.17) is 10.00 Å². The number of amides is 1. The zero-order chi connectivity index (χ0) is 25.6. The predicted octanol–water partition coefficient (Wildman–Crippen LogP) is 6.95. The van der Waals surface area contributed by atoms with Crippen LogP contribution in [0, 0.1) is 17.1 Å². The van der Waals surface area contributed by atoms with Crippen LogP contribution in [0.5, 0.6) is 0 Å². The second-order valence-electron chi connectivity index (χ2n) is 9.54. The van der Waals surface area contributed by atoms with Crippen molar-refractivity contribution in [2.24, 2.45) is 0 Å². The number of aliphatic hydroxyl groups is 1. The standard InChI is InChI=1S/C29H47FN2O3/c1-2-3-4-5-6-7-8-9-10-11-12-13-14-15-16-17-18-32-29(34)28(23-33)35-24-26-19-25(22-31)20-27(30)21-26/h19-21,28,33H,2-18,23-24H2,1H3,(H,32,34)/t28-/m0/s1. The summed E-state index contributed by atoms with van der Waals surface area (Å²) in [6, 6.07) is 5.78. The van der Waals surface area contributed by atoms with Crippen molar-refractivity contribution in [2.45, 2.75) is 122 Å². The van der Waals surface area contributed by atoms with Gasteiger partial charge in [-0.2, -0.15) is 5.26 Å².